The molecule has 2 amide bonds. The first-order valence-corrected chi connectivity index (χ1v) is 5.73. The van der Waals surface area contributed by atoms with Crippen molar-refractivity contribution in [1.82, 2.24) is 5.32 Å². The topological polar surface area (TPSA) is 49.4 Å². The van der Waals surface area contributed by atoms with Crippen molar-refractivity contribution in [2.75, 3.05) is 11.4 Å². The minimum absolute atomic E-state index is 0.0214. The number of carbonyl (C=O) groups excluding carboxylic acids is 2. The molecule has 0 aromatic heterocycles. The number of rotatable bonds is 4. The Kier molecular flexibility index (Phi) is 4.83. The van der Waals surface area contributed by atoms with Gasteiger partial charge in [-0.05, 0) is 26.0 Å². The fourth-order valence-corrected chi connectivity index (χ4v) is 1.55. The molecule has 1 N–H and O–H groups in total. The van der Waals surface area contributed by atoms with Crippen molar-refractivity contribution in [1.29, 1.82) is 0 Å². The van der Waals surface area contributed by atoms with Crippen molar-refractivity contribution in [3.63, 3.8) is 0 Å². The highest BCUT2D eigenvalue weighted by Crippen LogP contribution is 2.18. The number of nitrogens with zero attached hydrogens (tertiary/aromatic N) is 1. The number of amides is 2. The zero-order valence-electron chi connectivity index (χ0n) is 10.7. The van der Waals surface area contributed by atoms with E-state index in [0.717, 1.165) is 4.90 Å². The third kappa shape index (κ3) is 3.84. The van der Waals surface area contributed by atoms with E-state index in [-0.39, 0.29) is 30.1 Å². The van der Waals surface area contributed by atoms with E-state index >= 15 is 0 Å². The van der Waals surface area contributed by atoms with Crippen molar-refractivity contribution in [3.8, 4) is 0 Å². The number of hydrogen-bond donors (Lipinski definition) is 1. The number of para-hydroxylation sites is 1. The summed E-state index contributed by atoms with van der Waals surface area (Å²) in [5.41, 5.74) is 0.115. The Bertz CT molecular complexity index is 446. The highest BCUT2D eigenvalue weighted by Gasteiger charge is 2.18. The summed E-state index contributed by atoms with van der Waals surface area (Å²) >= 11 is 0. The molecule has 1 aromatic rings. The minimum atomic E-state index is -0.523. The molecule has 0 atom stereocenters. The monoisotopic (exact) mass is 252 g/mol. The van der Waals surface area contributed by atoms with Gasteiger partial charge in [0.05, 0.1) is 5.69 Å². The van der Waals surface area contributed by atoms with Gasteiger partial charge in [0.1, 0.15) is 12.4 Å². The summed E-state index contributed by atoms with van der Waals surface area (Å²) in [6.07, 6.45) is 0. The zero-order chi connectivity index (χ0) is 13.7. The summed E-state index contributed by atoms with van der Waals surface area (Å²) in [7, 11) is 0. The first kappa shape index (κ1) is 14.2. The van der Waals surface area contributed by atoms with Gasteiger partial charge < -0.3 is 10.2 Å². The molecule has 0 fully saturated rings. The molecule has 0 aliphatic carbocycles. The predicted octanol–water partition coefficient (Wildman–Crippen LogP) is 1.70. The Morgan fingerprint density at radius 3 is 2.44 bits per heavy atom. The quantitative estimate of drug-likeness (QED) is 0.886. The van der Waals surface area contributed by atoms with Crippen LogP contribution in [0, 0.1) is 5.82 Å². The molecule has 0 spiro atoms. The number of carbonyl (C=O) groups is 2. The van der Waals surface area contributed by atoms with Gasteiger partial charge in [-0.1, -0.05) is 12.1 Å². The minimum Gasteiger partial charge on any atom is -0.352 e. The molecule has 0 radical (unpaired) electrons. The van der Waals surface area contributed by atoms with Crippen LogP contribution in [0.4, 0.5) is 10.1 Å². The molecule has 0 saturated heterocycles. The summed E-state index contributed by atoms with van der Waals surface area (Å²) in [5, 5.41) is 2.66. The fraction of sp³-hybridized carbons (Fsp3) is 0.385. The molecule has 18 heavy (non-hydrogen) atoms. The van der Waals surface area contributed by atoms with E-state index in [1.54, 1.807) is 6.07 Å². The van der Waals surface area contributed by atoms with E-state index in [9.17, 15) is 14.0 Å². The second-order valence-electron chi connectivity index (χ2n) is 4.28. The molecular weight excluding hydrogens is 235 g/mol. The number of benzene rings is 1. The predicted molar refractivity (Wildman–Crippen MR) is 67.7 cm³/mol. The van der Waals surface area contributed by atoms with Crippen LogP contribution in [0.5, 0.6) is 0 Å². The molecule has 1 aromatic carbocycles. The summed E-state index contributed by atoms with van der Waals surface area (Å²) in [5.74, 6) is -1.22. The van der Waals surface area contributed by atoms with Gasteiger partial charge in [-0.15, -0.1) is 0 Å². The summed E-state index contributed by atoms with van der Waals surface area (Å²) in [6, 6.07) is 5.86. The van der Waals surface area contributed by atoms with Crippen molar-refractivity contribution in [2.24, 2.45) is 0 Å². The first-order chi connectivity index (χ1) is 8.41. The summed E-state index contributed by atoms with van der Waals surface area (Å²) in [6.45, 7) is 4.75. The Labute approximate surface area is 106 Å². The Hall–Kier alpha value is -1.91. The van der Waals surface area contributed by atoms with E-state index < -0.39 is 5.82 Å². The molecular formula is C13H17FN2O2. The van der Waals surface area contributed by atoms with E-state index in [1.165, 1.54) is 25.1 Å². The normalized spacial score (nSPS) is 10.3. The van der Waals surface area contributed by atoms with Gasteiger partial charge in [0.15, 0.2) is 0 Å². The summed E-state index contributed by atoms with van der Waals surface area (Å²) < 4.78 is 13.6. The molecule has 0 bridgehead atoms. The Morgan fingerprint density at radius 1 is 1.33 bits per heavy atom. The lowest BCUT2D eigenvalue weighted by molar-refractivity contribution is -0.123. The highest BCUT2D eigenvalue weighted by molar-refractivity contribution is 5.97. The largest absolute Gasteiger partial charge is 0.352 e. The Morgan fingerprint density at radius 2 is 1.94 bits per heavy atom. The van der Waals surface area contributed by atoms with Crippen molar-refractivity contribution >= 4 is 17.5 Å². The van der Waals surface area contributed by atoms with Crippen LogP contribution in [0.1, 0.15) is 20.8 Å². The lowest BCUT2D eigenvalue weighted by Gasteiger charge is -2.21. The average Bonchev–Trinajstić information content (AvgIpc) is 2.25. The highest BCUT2D eigenvalue weighted by atomic mass is 19.1. The average molecular weight is 252 g/mol. The van der Waals surface area contributed by atoms with Crippen molar-refractivity contribution in [3.05, 3.63) is 30.1 Å². The van der Waals surface area contributed by atoms with Gasteiger partial charge in [0, 0.05) is 13.0 Å². The molecule has 4 nitrogen and oxygen atoms in total. The molecule has 0 heterocycles. The lowest BCUT2D eigenvalue weighted by atomic mass is 10.2. The number of anilines is 1. The van der Waals surface area contributed by atoms with Crippen LogP contribution in [0.2, 0.25) is 0 Å². The first-order valence-electron chi connectivity index (χ1n) is 5.73. The molecule has 1 rings (SSSR count). The van der Waals surface area contributed by atoms with Gasteiger partial charge in [-0.3, -0.25) is 9.59 Å². The van der Waals surface area contributed by atoms with Crippen molar-refractivity contribution < 1.29 is 14.0 Å². The van der Waals surface area contributed by atoms with Gasteiger partial charge in [0.25, 0.3) is 0 Å². The standard InChI is InChI=1S/C13H17FN2O2/c1-9(2)15-13(18)8-16(10(3)17)12-7-5-4-6-11(12)14/h4-7,9H,8H2,1-3H3,(H,15,18). The third-order valence-electron chi connectivity index (χ3n) is 2.27. The third-order valence-corrected chi connectivity index (χ3v) is 2.27. The van der Waals surface area contributed by atoms with Crippen LogP contribution >= 0.6 is 0 Å². The van der Waals surface area contributed by atoms with Crippen LogP contribution in [0.25, 0.3) is 0 Å². The smallest absolute Gasteiger partial charge is 0.240 e. The molecule has 0 unspecified atom stereocenters. The molecule has 0 saturated carbocycles. The van der Waals surface area contributed by atoms with Crippen LogP contribution < -0.4 is 10.2 Å². The van der Waals surface area contributed by atoms with Crippen LogP contribution in [-0.2, 0) is 9.59 Å². The van der Waals surface area contributed by atoms with Gasteiger partial charge >= 0.3 is 0 Å². The van der Waals surface area contributed by atoms with E-state index in [2.05, 4.69) is 5.32 Å². The van der Waals surface area contributed by atoms with Crippen LogP contribution in [-0.4, -0.2) is 24.4 Å². The second-order valence-corrected chi connectivity index (χ2v) is 4.28. The van der Waals surface area contributed by atoms with Crippen molar-refractivity contribution in [2.45, 2.75) is 26.8 Å². The molecule has 0 aliphatic rings. The maximum absolute atomic E-state index is 13.6. The SMILES string of the molecule is CC(=O)N(CC(=O)NC(C)C)c1ccccc1F. The van der Waals surface area contributed by atoms with E-state index in [4.69, 9.17) is 0 Å². The van der Waals surface area contributed by atoms with Gasteiger partial charge in [-0.2, -0.15) is 0 Å². The van der Waals surface area contributed by atoms with E-state index in [0.29, 0.717) is 0 Å². The Balaban J connectivity index is 2.88. The molecule has 5 heteroatoms. The maximum atomic E-state index is 13.6. The van der Waals surface area contributed by atoms with Gasteiger partial charge in [0.2, 0.25) is 11.8 Å². The molecule has 0 aliphatic heterocycles. The van der Waals surface area contributed by atoms with Crippen LogP contribution in [0.15, 0.2) is 24.3 Å². The lowest BCUT2D eigenvalue weighted by Crippen LogP contribution is -2.42. The molecule has 98 valence electrons. The van der Waals surface area contributed by atoms with Crippen LogP contribution in [0.3, 0.4) is 0 Å². The second kappa shape index (κ2) is 6.14. The van der Waals surface area contributed by atoms with Gasteiger partial charge in [-0.25, -0.2) is 4.39 Å². The fourth-order valence-electron chi connectivity index (χ4n) is 1.55. The zero-order valence-corrected chi connectivity index (χ0v) is 10.7. The van der Waals surface area contributed by atoms with E-state index in [1.807, 2.05) is 13.8 Å². The number of hydrogen-bond acceptors (Lipinski definition) is 2. The summed E-state index contributed by atoms with van der Waals surface area (Å²) in [4.78, 5) is 24.2. The number of nitrogens with one attached hydrogen (secondary N) is 1. The number of halogens is 1. The maximum Gasteiger partial charge on any atom is 0.240 e.